The van der Waals surface area contributed by atoms with Gasteiger partial charge in [0.15, 0.2) is 5.78 Å². The molecule has 0 fully saturated rings. The maximum atomic E-state index is 12.5. The molecule has 0 aliphatic heterocycles. The van der Waals surface area contributed by atoms with Gasteiger partial charge in [-0.15, -0.1) is 11.3 Å². The second-order valence-electron chi connectivity index (χ2n) is 5.81. The highest BCUT2D eigenvalue weighted by atomic mass is 32.1. The van der Waals surface area contributed by atoms with E-state index in [9.17, 15) is 9.90 Å². The van der Waals surface area contributed by atoms with Crippen molar-refractivity contribution < 1.29 is 9.90 Å². The molecule has 2 nitrogen and oxygen atoms in total. The van der Waals surface area contributed by atoms with E-state index in [0.29, 0.717) is 17.0 Å². The number of carbonyl (C=O) groups is 1. The van der Waals surface area contributed by atoms with Gasteiger partial charge in [-0.25, -0.2) is 0 Å². The van der Waals surface area contributed by atoms with Gasteiger partial charge < -0.3 is 5.11 Å². The smallest absolute Gasteiger partial charge is 0.193 e. The molecule has 0 spiro atoms. The molecule has 116 valence electrons. The molecular weight excluding hydrogens is 304 g/mol. The summed E-state index contributed by atoms with van der Waals surface area (Å²) >= 11 is 1.73. The highest BCUT2D eigenvalue weighted by Crippen LogP contribution is 2.34. The van der Waals surface area contributed by atoms with Crippen molar-refractivity contribution in [2.24, 2.45) is 0 Å². The predicted molar refractivity (Wildman–Crippen MR) is 95.4 cm³/mol. The third-order valence-electron chi connectivity index (χ3n) is 3.86. The van der Waals surface area contributed by atoms with Crippen molar-refractivity contribution in [2.45, 2.75) is 19.8 Å². The molecule has 0 amide bonds. The van der Waals surface area contributed by atoms with Crippen LogP contribution in [0.25, 0.3) is 10.4 Å². The lowest BCUT2D eigenvalue weighted by Gasteiger charge is -2.08. The lowest BCUT2D eigenvalue weighted by Crippen LogP contribution is -2.00. The average molecular weight is 322 g/mol. The zero-order chi connectivity index (χ0) is 16.4. The molecule has 1 N–H and O–H groups in total. The second-order valence-corrected chi connectivity index (χ2v) is 6.73. The predicted octanol–water partition coefficient (Wildman–Crippen LogP) is 5.48. The van der Waals surface area contributed by atoms with E-state index in [1.807, 2.05) is 24.3 Å². The monoisotopic (exact) mass is 322 g/mol. The van der Waals surface area contributed by atoms with Gasteiger partial charge in [0.1, 0.15) is 5.75 Å². The fraction of sp³-hybridized carbons (Fsp3) is 0.150. The third kappa shape index (κ3) is 3.20. The Bertz CT molecular complexity index is 812. The normalized spacial score (nSPS) is 10.9. The van der Waals surface area contributed by atoms with Crippen LogP contribution < -0.4 is 0 Å². The van der Waals surface area contributed by atoms with E-state index in [1.54, 1.807) is 23.5 Å². The average Bonchev–Trinajstić information content (AvgIpc) is 3.05. The maximum Gasteiger partial charge on any atom is 0.193 e. The van der Waals surface area contributed by atoms with Crippen LogP contribution >= 0.6 is 11.3 Å². The lowest BCUT2D eigenvalue weighted by atomic mass is 9.98. The first-order valence-corrected chi connectivity index (χ1v) is 8.46. The Kier molecular flexibility index (Phi) is 4.30. The minimum absolute atomic E-state index is 0.0354. The van der Waals surface area contributed by atoms with Gasteiger partial charge >= 0.3 is 0 Å². The van der Waals surface area contributed by atoms with Crippen molar-refractivity contribution in [1.29, 1.82) is 0 Å². The van der Waals surface area contributed by atoms with Crippen molar-refractivity contribution >= 4 is 17.1 Å². The fourth-order valence-electron chi connectivity index (χ4n) is 2.56. The standard InChI is InChI=1S/C20H18O2S/c1-13(2)18-11-12-23-20(18)16-5-3-14(4-6-16)19(22)15-7-9-17(21)10-8-15/h3-13,21H,1-2H3. The van der Waals surface area contributed by atoms with E-state index >= 15 is 0 Å². The molecule has 0 atom stereocenters. The number of phenolic OH excluding ortho intramolecular Hbond substituents is 1. The molecular formula is C20H18O2S. The van der Waals surface area contributed by atoms with Crippen LogP contribution in [-0.4, -0.2) is 10.9 Å². The maximum absolute atomic E-state index is 12.5. The first kappa shape index (κ1) is 15.5. The molecule has 0 aliphatic carbocycles. The molecule has 2 aromatic carbocycles. The molecule has 0 aliphatic rings. The molecule has 23 heavy (non-hydrogen) atoms. The molecule has 1 heterocycles. The Hall–Kier alpha value is -2.39. The first-order chi connectivity index (χ1) is 11.1. The van der Waals surface area contributed by atoms with Gasteiger partial charge in [0.25, 0.3) is 0 Å². The number of aromatic hydroxyl groups is 1. The van der Waals surface area contributed by atoms with Crippen LogP contribution in [0, 0.1) is 0 Å². The number of thiophene rings is 1. The van der Waals surface area contributed by atoms with Gasteiger partial charge in [-0.05, 0) is 52.8 Å². The molecule has 3 rings (SSSR count). The number of ketones is 1. The highest BCUT2D eigenvalue weighted by molar-refractivity contribution is 7.13. The summed E-state index contributed by atoms with van der Waals surface area (Å²) in [5.74, 6) is 0.608. The molecule has 0 saturated carbocycles. The summed E-state index contributed by atoms with van der Waals surface area (Å²) in [6, 6.07) is 16.3. The SMILES string of the molecule is CC(C)c1ccsc1-c1ccc(C(=O)c2ccc(O)cc2)cc1. The van der Waals surface area contributed by atoms with Crippen molar-refractivity contribution in [1.82, 2.24) is 0 Å². The van der Waals surface area contributed by atoms with E-state index < -0.39 is 0 Å². The Balaban J connectivity index is 1.88. The van der Waals surface area contributed by atoms with Crippen LogP contribution in [0.2, 0.25) is 0 Å². The summed E-state index contributed by atoms with van der Waals surface area (Å²) in [6.07, 6.45) is 0. The first-order valence-electron chi connectivity index (χ1n) is 7.58. The van der Waals surface area contributed by atoms with E-state index in [2.05, 4.69) is 25.3 Å². The topological polar surface area (TPSA) is 37.3 Å². The van der Waals surface area contributed by atoms with Crippen LogP contribution in [0.5, 0.6) is 5.75 Å². The second kappa shape index (κ2) is 6.39. The zero-order valence-electron chi connectivity index (χ0n) is 13.1. The van der Waals surface area contributed by atoms with E-state index in [1.165, 1.54) is 22.6 Å². The third-order valence-corrected chi connectivity index (χ3v) is 4.84. The summed E-state index contributed by atoms with van der Waals surface area (Å²) in [5, 5.41) is 11.4. The van der Waals surface area contributed by atoms with Crippen LogP contribution in [0.1, 0.15) is 41.3 Å². The Morgan fingerprint density at radius 3 is 2.04 bits per heavy atom. The largest absolute Gasteiger partial charge is 0.508 e. The Morgan fingerprint density at radius 1 is 0.913 bits per heavy atom. The summed E-state index contributed by atoms with van der Waals surface area (Å²) in [6.45, 7) is 4.38. The Morgan fingerprint density at radius 2 is 1.48 bits per heavy atom. The molecule has 0 radical (unpaired) electrons. The number of phenols is 1. The van der Waals surface area contributed by atoms with E-state index in [-0.39, 0.29) is 11.5 Å². The summed E-state index contributed by atoms with van der Waals surface area (Å²) in [7, 11) is 0. The molecule has 3 aromatic rings. The van der Waals surface area contributed by atoms with Crippen molar-refractivity contribution in [3.63, 3.8) is 0 Å². The molecule has 0 unspecified atom stereocenters. The van der Waals surface area contributed by atoms with E-state index in [4.69, 9.17) is 0 Å². The molecule has 0 bridgehead atoms. The summed E-state index contributed by atoms with van der Waals surface area (Å²) in [4.78, 5) is 13.7. The summed E-state index contributed by atoms with van der Waals surface area (Å²) in [5.41, 5.74) is 3.72. The van der Waals surface area contributed by atoms with Crippen molar-refractivity contribution in [3.05, 3.63) is 76.7 Å². The van der Waals surface area contributed by atoms with Gasteiger partial charge in [0.05, 0.1) is 0 Å². The number of benzene rings is 2. The van der Waals surface area contributed by atoms with Crippen LogP contribution in [-0.2, 0) is 0 Å². The number of carbonyl (C=O) groups excluding carboxylic acids is 1. The fourth-order valence-corrected chi connectivity index (χ4v) is 3.62. The van der Waals surface area contributed by atoms with Gasteiger partial charge in [-0.1, -0.05) is 38.1 Å². The number of hydrogen-bond donors (Lipinski definition) is 1. The highest BCUT2D eigenvalue weighted by Gasteiger charge is 2.12. The van der Waals surface area contributed by atoms with Crippen LogP contribution in [0.3, 0.4) is 0 Å². The molecule has 0 saturated heterocycles. The molecule has 3 heteroatoms. The van der Waals surface area contributed by atoms with E-state index in [0.717, 1.165) is 5.56 Å². The van der Waals surface area contributed by atoms with Crippen molar-refractivity contribution in [3.8, 4) is 16.2 Å². The van der Waals surface area contributed by atoms with Crippen LogP contribution in [0.15, 0.2) is 60.0 Å². The van der Waals surface area contributed by atoms with Gasteiger partial charge in [-0.3, -0.25) is 4.79 Å². The van der Waals surface area contributed by atoms with Gasteiger partial charge in [0.2, 0.25) is 0 Å². The number of hydrogen-bond acceptors (Lipinski definition) is 3. The summed E-state index contributed by atoms with van der Waals surface area (Å²) < 4.78 is 0. The van der Waals surface area contributed by atoms with Gasteiger partial charge in [-0.2, -0.15) is 0 Å². The zero-order valence-corrected chi connectivity index (χ0v) is 13.9. The van der Waals surface area contributed by atoms with Crippen LogP contribution in [0.4, 0.5) is 0 Å². The molecule has 1 aromatic heterocycles. The number of rotatable bonds is 4. The van der Waals surface area contributed by atoms with Crippen molar-refractivity contribution in [2.75, 3.05) is 0 Å². The minimum Gasteiger partial charge on any atom is -0.508 e. The lowest BCUT2D eigenvalue weighted by molar-refractivity contribution is 0.103. The van der Waals surface area contributed by atoms with Gasteiger partial charge in [0, 0.05) is 16.0 Å². The minimum atomic E-state index is -0.0354. The Labute approximate surface area is 140 Å². The quantitative estimate of drug-likeness (QED) is 0.646.